The van der Waals surface area contributed by atoms with Gasteiger partial charge in [0, 0.05) is 16.0 Å². The molecular formula is C14H17BrClNO. The average Bonchev–Trinajstić information content (AvgIpc) is 2.75. The molecule has 0 aliphatic heterocycles. The third kappa shape index (κ3) is 3.27. The molecule has 2 atom stereocenters. The van der Waals surface area contributed by atoms with Crippen LogP contribution in [0.4, 0.5) is 0 Å². The van der Waals surface area contributed by atoms with Gasteiger partial charge < -0.3 is 5.32 Å². The summed E-state index contributed by atoms with van der Waals surface area (Å²) < 4.78 is 0.781. The zero-order chi connectivity index (χ0) is 13.1. The van der Waals surface area contributed by atoms with Crippen molar-refractivity contribution < 1.29 is 4.79 Å². The maximum absolute atomic E-state index is 12.1. The Bertz CT molecular complexity index is 449. The van der Waals surface area contributed by atoms with Crippen LogP contribution in [0.2, 0.25) is 5.02 Å². The maximum Gasteiger partial charge on any atom is 0.252 e. The predicted octanol–water partition coefficient (Wildman–Crippen LogP) is 4.27. The number of benzene rings is 1. The molecule has 1 saturated carbocycles. The van der Waals surface area contributed by atoms with E-state index in [0.717, 1.165) is 11.0 Å². The lowest BCUT2D eigenvalue weighted by Gasteiger charge is -2.16. The molecule has 0 radical (unpaired) electrons. The number of nitrogens with one attached hydrogen (secondary N) is 1. The fraction of sp³-hybridized carbons (Fsp3) is 0.500. The van der Waals surface area contributed by atoms with E-state index in [2.05, 4.69) is 28.2 Å². The first-order chi connectivity index (χ1) is 8.58. The van der Waals surface area contributed by atoms with E-state index in [4.69, 9.17) is 11.6 Å². The minimum Gasteiger partial charge on any atom is -0.352 e. The predicted molar refractivity (Wildman–Crippen MR) is 78.0 cm³/mol. The van der Waals surface area contributed by atoms with Crippen molar-refractivity contribution in [2.24, 2.45) is 11.8 Å². The van der Waals surface area contributed by atoms with E-state index in [9.17, 15) is 4.79 Å². The van der Waals surface area contributed by atoms with Gasteiger partial charge in [-0.2, -0.15) is 0 Å². The first-order valence-electron chi connectivity index (χ1n) is 6.31. The van der Waals surface area contributed by atoms with Crippen molar-refractivity contribution in [2.75, 3.05) is 6.54 Å². The van der Waals surface area contributed by atoms with Gasteiger partial charge in [0.25, 0.3) is 5.91 Å². The SMILES string of the molecule is CC1CCCC1CNC(=O)c1cc(Cl)ccc1Br. The normalized spacial score (nSPS) is 23.1. The highest BCUT2D eigenvalue weighted by Gasteiger charge is 2.23. The molecule has 4 heteroatoms. The fourth-order valence-electron chi connectivity index (χ4n) is 2.52. The second-order valence-corrected chi connectivity index (χ2v) is 6.29. The molecule has 0 aromatic heterocycles. The Labute approximate surface area is 121 Å². The first kappa shape index (κ1) is 13.9. The van der Waals surface area contributed by atoms with E-state index < -0.39 is 0 Å². The van der Waals surface area contributed by atoms with Gasteiger partial charge in [-0.3, -0.25) is 4.79 Å². The van der Waals surface area contributed by atoms with Crippen LogP contribution in [0.1, 0.15) is 36.5 Å². The molecule has 0 heterocycles. The zero-order valence-corrected chi connectivity index (χ0v) is 12.7. The van der Waals surface area contributed by atoms with Crippen LogP contribution in [0.25, 0.3) is 0 Å². The summed E-state index contributed by atoms with van der Waals surface area (Å²) in [5.74, 6) is 1.28. The molecule has 0 spiro atoms. The number of carbonyl (C=O) groups is 1. The molecule has 1 N–H and O–H groups in total. The number of hydrogen-bond donors (Lipinski definition) is 1. The average molecular weight is 331 g/mol. The van der Waals surface area contributed by atoms with Gasteiger partial charge in [0.2, 0.25) is 0 Å². The highest BCUT2D eigenvalue weighted by Crippen LogP contribution is 2.30. The van der Waals surface area contributed by atoms with Gasteiger partial charge in [0.15, 0.2) is 0 Å². The number of halogens is 2. The number of carbonyl (C=O) groups excluding carboxylic acids is 1. The Balaban J connectivity index is 1.97. The lowest BCUT2D eigenvalue weighted by Crippen LogP contribution is -2.30. The van der Waals surface area contributed by atoms with E-state index >= 15 is 0 Å². The highest BCUT2D eigenvalue weighted by atomic mass is 79.9. The van der Waals surface area contributed by atoms with Crippen LogP contribution >= 0.6 is 27.5 Å². The summed E-state index contributed by atoms with van der Waals surface area (Å²) in [6.45, 7) is 3.03. The summed E-state index contributed by atoms with van der Waals surface area (Å²) in [7, 11) is 0. The van der Waals surface area contributed by atoms with Crippen LogP contribution in [-0.4, -0.2) is 12.5 Å². The van der Waals surface area contributed by atoms with Crippen molar-refractivity contribution in [3.8, 4) is 0 Å². The van der Waals surface area contributed by atoms with E-state index in [-0.39, 0.29) is 5.91 Å². The largest absolute Gasteiger partial charge is 0.352 e. The van der Waals surface area contributed by atoms with Gasteiger partial charge in [-0.1, -0.05) is 31.4 Å². The van der Waals surface area contributed by atoms with E-state index in [1.807, 2.05) is 0 Å². The Morgan fingerprint density at radius 1 is 1.50 bits per heavy atom. The van der Waals surface area contributed by atoms with Crippen LogP contribution in [-0.2, 0) is 0 Å². The smallest absolute Gasteiger partial charge is 0.252 e. The topological polar surface area (TPSA) is 29.1 Å². The fourth-order valence-corrected chi connectivity index (χ4v) is 3.11. The minimum atomic E-state index is -0.0523. The molecule has 1 fully saturated rings. The summed E-state index contributed by atoms with van der Waals surface area (Å²) in [6, 6.07) is 5.26. The summed E-state index contributed by atoms with van der Waals surface area (Å²) in [5.41, 5.74) is 0.605. The molecule has 1 aromatic rings. The van der Waals surface area contributed by atoms with Crippen LogP contribution < -0.4 is 5.32 Å². The van der Waals surface area contributed by atoms with E-state index in [1.165, 1.54) is 19.3 Å². The van der Waals surface area contributed by atoms with Crippen molar-refractivity contribution in [3.05, 3.63) is 33.3 Å². The van der Waals surface area contributed by atoms with Crippen molar-refractivity contribution >= 4 is 33.4 Å². The summed E-state index contributed by atoms with van der Waals surface area (Å²) in [6.07, 6.45) is 3.78. The van der Waals surface area contributed by atoms with Gasteiger partial charge in [-0.05, 0) is 52.4 Å². The molecule has 1 amide bonds. The van der Waals surface area contributed by atoms with Crippen LogP contribution in [0, 0.1) is 11.8 Å². The zero-order valence-electron chi connectivity index (χ0n) is 10.4. The molecule has 2 unspecified atom stereocenters. The molecule has 18 heavy (non-hydrogen) atoms. The molecule has 2 rings (SSSR count). The molecular weight excluding hydrogens is 314 g/mol. The van der Waals surface area contributed by atoms with Crippen molar-refractivity contribution in [1.29, 1.82) is 0 Å². The Morgan fingerprint density at radius 3 is 2.94 bits per heavy atom. The van der Waals surface area contributed by atoms with E-state index in [0.29, 0.717) is 22.4 Å². The van der Waals surface area contributed by atoms with Crippen molar-refractivity contribution in [3.63, 3.8) is 0 Å². The van der Waals surface area contributed by atoms with Gasteiger partial charge >= 0.3 is 0 Å². The van der Waals surface area contributed by atoms with Gasteiger partial charge in [0.1, 0.15) is 0 Å². The first-order valence-corrected chi connectivity index (χ1v) is 7.48. The Hall–Kier alpha value is -0.540. The highest BCUT2D eigenvalue weighted by molar-refractivity contribution is 9.10. The molecule has 1 aliphatic rings. The van der Waals surface area contributed by atoms with E-state index in [1.54, 1.807) is 18.2 Å². The van der Waals surface area contributed by atoms with Crippen LogP contribution in [0.3, 0.4) is 0 Å². The summed E-state index contributed by atoms with van der Waals surface area (Å²) in [4.78, 5) is 12.1. The standard InChI is InChI=1S/C14H17BrClNO/c1-9-3-2-4-10(9)8-17-14(18)12-7-11(16)5-6-13(12)15/h5-7,9-10H,2-4,8H2,1H3,(H,17,18). The number of amides is 1. The van der Waals surface area contributed by atoms with Gasteiger partial charge in [0.05, 0.1) is 5.56 Å². The van der Waals surface area contributed by atoms with Gasteiger partial charge in [-0.25, -0.2) is 0 Å². The van der Waals surface area contributed by atoms with Crippen molar-refractivity contribution in [1.82, 2.24) is 5.32 Å². The molecule has 1 aromatic carbocycles. The Morgan fingerprint density at radius 2 is 2.28 bits per heavy atom. The second-order valence-electron chi connectivity index (χ2n) is 5.00. The molecule has 0 saturated heterocycles. The molecule has 1 aliphatic carbocycles. The number of rotatable bonds is 3. The van der Waals surface area contributed by atoms with Gasteiger partial charge in [-0.15, -0.1) is 0 Å². The Kier molecular flexibility index (Phi) is 4.68. The molecule has 2 nitrogen and oxygen atoms in total. The lowest BCUT2D eigenvalue weighted by molar-refractivity contribution is 0.0944. The van der Waals surface area contributed by atoms with Crippen LogP contribution in [0.15, 0.2) is 22.7 Å². The second kappa shape index (κ2) is 6.07. The summed E-state index contributed by atoms with van der Waals surface area (Å²) in [5, 5.41) is 3.59. The third-order valence-electron chi connectivity index (χ3n) is 3.74. The number of hydrogen-bond acceptors (Lipinski definition) is 1. The molecule has 98 valence electrons. The summed E-state index contributed by atoms with van der Waals surface area (Å²) >= 11 is 9.29. The monoisotopic (exact) mass is 329 g/mol. The lowest BCUT2D eigenvalue weighted by atomic mass is 9.98. The maximum atomic E-state index is 12.1. The molecule has 0 bridgehead atoms. The van der Waals surface area contributed by atoms with Crippen molar-refractivity contribution in [2.45, 2.75) is 26.2 Å². The van der Waals surface area contributed by atoms with Crippen LogP contribution in [0.5, 0.6) is 0 Å². The minimum absolute atomic E-state index is 0.0523. The third-order valence-corrected chi connectivity index (χ3v) is 4.66. The quantitative estimate of drug-likeness (QED) is 0.881.